The minimum atomic E-state index is 0.454. The molecule has 1 aliphatic heterocycles. The lowest BCUT2D eigenvalue weighted by molar-refractivity contribution is 0.194. The van der Waals surface area contributed by atoms with E-state index in [0.717, 1.165) is 25.3 Å². The van der Waals surface area contributed by atoms with Crippen LogP contribution in [0.5, 0.6) is 0 Å². The summed E-state index contributed by atoms with van der Waals surface area (Å²) in [6.07, 6.45) is 6.14. The highest BCUT2D eigenvalue weighted by molar-refractivity contribution is 7.12. The first-order chi connectivity index (χ1) is 13.3. The van der Waals surface area contributed by atoms with Crippen molar-refractivity contribution in [2.75, 3.05) is 13.1 Å². The van der Waals surface area contributed by atoms with Gasteiger partial charge in [-0.25, -0.2) is 9.50 Å². The van der Waals surface area contributed by atoms with Crippen LogP contribution in [-0.2, 0) is 6.54 Å². The molecule has 1 aliphatic rings. The van der Waals surface area contributed by atoms with Gasteiger partial charge in [-0.3, -0.25) is 4.90 Å². The van der Waals surface area contributed by atoms with E-state index in [2.05, 4.69) is 66.4 Å². The van der Waals surface area contributed by atoms with Crippen LogP contribution in [0.25, 0.3) is 10.8 Å². The van der Waals surface area contributed by atoms with Crippen LogP contribution in [0.4, 0.5) is 0 Å². The lowest BCUT2D eigenvalue weighted by atomic mass is 9.94. The summed E-state index contributed by atoms with van der Waals surface area (Å²) in [6, 6.07) is 10.8. The van der Waals surface area contributed by atoms with Gasteiger partial charge in [0.05, 0.1) is 10.7 Å². The van der Waals surface area contributed by atoms with Gasteiger partial charge in [-0.15, -0.1) is 11.3 Å². The summed E-state index contributed by atoms with van der Waals surface area (Å²) in [6.45, 7) is 5.17. The highest BCUT2D eigenvalue weighted by atomic mass is 32.1. The number of piperidine rings is 1. The Morgan fingerprint density at radius 1 is 1.26 bits per heavy atom. The summed E-state index contributed by atoms with van der Waals surface area (Å²) in [5.41, 5.74) is 3.58. The van der Waals surface area contributed by atoms with Crippen molar-refractivity contribution in [1.29, 1.82) is 0 Å². The fourth-order valence-electron chi connectivity index (χ4n) is 4.09. The van der Waals surface area contributed by atoms with Gasteiger partial charge in [0, 0.05) is 36.6 Å². The normalized spacial score (nSPS) is 18.3. The van der Waals surface area contributed by atoms with E-state index in [1.54, 1.807) is 17.7 Å². The molecule has 7 heteroatoms. The highest BCUT2D eigenvalue weighted by Crippen LogP contribution is 2.29. The Hall–Kier alpha value is -2.51. The number of thiophene rings is 1. The van der Waals surface area contributed by atoms with Gasteiger partial charge in [-0.2, -0.15) is 10.1 Å². The van der Waals surface area contributed by atoms with Crippen molar-refractivity contribution >= 4 is 17.1 Å². The van der Waals surface area contributed by atoms with Crippen LogP contribution in [0, 0.1) is 6.92 Å². The molecule has 4 aromatic rings. The third-order valence-electron chi connectivity index (χ3n) is 5.29. The van der Waals surface area contributed by atoms with Gasteiger partial charge in [-0.05, 0) is 62.0 Å². The lowest BCUT2D eigenvalue weighted by Crippen LogP contribution is -2.35. The minimum absolute atomic E-state index is 0.454. The quantitative estimate of drug-likeness (QED) is 0.544. The van der Waals surface area contributed by atoms with Gasteiger partial charge in [0.25, 0.3) is 5.78 Å². The van der Waals surface area contributed by atoms with Gasteiger partial charge in [0.2, 0.25) is 0 Å². The summed E-state index contributed by atoms with van der Waals surface area (Å²) >= 11 is 1.78. The van der Waals surface area contributed by atoms with E-state index in [4.69, 9.17) is 0 Å². The predicted molar refractivity (Wildman–Crippen MR) is 106 cm³/mol. The molecule has 1 saturated heterocycles. The van der Waals surface area contributed by atoms with E-state index in [1.165, 1.54) is 29.2 Å². The Morgan fingerprint density at radius 3 is 3.11 bits per heavy atom. The largest absolute Gasteiger partial charge is 0.311 e. The van der Waals surface area contributed by atoms with Crippen LogP contribution in [0.2, 0.25) is 0 Å². The van der Waals surface area contributed by atoms with Crippen molar-refractivity contribution in [2.45, 2.75) is 32.2 Å². The Bertz CT molecular complexity index is 1050. The molecule has 6 nitrogen and oxygen atoms in total. The fourth-order valence-corrected chi connectivity index (χ4v) is 4.83. The number of hydrogen-bond acceptors (Lipinski definition) is 5. The van der Waals surface area contributed by atoms with Crippen LogP contribution >= 0.6 is 11.3 Å². The maximum absolute atomic E-state index is 4.48. The summed E-state index contributed by atoms with van der Waals surface area (Å²) in [5.74, 6) is 1.16. The third kappa shape index (κ3) is 3.17. The van der Waals surface area contributed by atoms with Crippen molar-refractivity contribution in [3.63, 3.8) is 0 Å². The number of rotatable bonds is 4. The second-order valence-electron chi connectivity index (χ2n) is 7.19. The molecule has 0 spiro atoms. The average Bonchev–Trinajstić information content (AvgIpc) is 3.42. The second kappa shape index (κ2) is 6.90. The Kier molecular flexibility index (Phi) is 4.26. The van der Waals surface area contributed by atoms with E-state index < -0.39 is 0 Å². The molecule has 138 valence electrons. The molecule has 1 fully saturated rings. The molecule has 4 aromatic heterocycles. The molecule has 0 amide bonds. The Morgan fingerprint density at radius 2 is 2.22 bits per heavy atom. The first kappa shape index (κ1) is 16.6. The molecule has 0 saturated carbocycles. The topological polar surface area (TPSA) is 51.2 Å². The van der Waals surface area contributed by atoms with Gasteiger partial charge >= 0.3 is 0 Å². The van der Waals surface area contributed by atoms with Crippen LogP contribution in [0.15, 0.2) is 48.2 Å². The maximum Gasteiger partial charge on any atom is 0.252 e. The monoisotopic (exact) mass is 378 g/mol. The molecular formula is C20H22N6S. The number of hydrogen-bond donors (Lipinski definition) is 0. The zero-order chi connectivity index (χ0) is 18.2. The van der Waals surface area contributed by atoms with E-state index >= 15 is 0 Å². The lowest BCUT2D eigenvalue weighted by Gasteiger charge is -2.33. The van der Waals surface area contributed by atoms with Crippen molar-refractivity contribution < 1.29 is 0 Å². The molecule has 0 aromatic carbocycles. The number of fused-ring (bicyclic) bond motifs is 1. The molecule has 0 aliphatic carbocycles. The summed E-state index contributed by atoms with van der Waals surface area (Å²) in [4.78, 5) is 11.3. The van der Waals surface area contributed by atoms with E-state index in [0.29, 0.717) is 11.7 Å². The Balaban J connectivity index is 1.39. The Labute approximate surface area is 162 Å². The SMILES string of the molecule is Cc1cc(C2CCCN(Cc3cccn3-c3cccs3)C2)n2ncnc2n1. The zero-order valence-corrected chi connectivity index (χ0v) is 16.1. The minimum Gasteiger partial charge on any atom is -0.311 e. The van der Waals surface area contributed by atoms with E-state index in [-0.39, 0.29) is 0 Å². The van der Waals surface area contributed by atoms with E-state index in [1.807, 2.05) is 11.4 Å². The average molecular weight is 379 g/mol. The smallest absolute Gasteiger partial charge is 0.252 e. The zero-order valence-electron chi connectivity index (χ0n) is 15.3. The maximum atomic E-state index is 4.48. The van der Waals surface area contributed by atoms with Crippen LogP contribution < -0.4 is 0 Å². The first-order valence-electron chi connectivity index (χ1n) is 9.38. The van der Waals surface area contributed by atoms with Crippen molar-refractivity contribution in [3.8, 4) is 5.00 Å². The van der Waals surface area contributed by atoms with Crippen molar-refractivity contribution in [3.05, 3.63) is 65.3 Å². The third-order valence-corrected chi connectivity index (χ3v) is 6.16. The predicted octanol–water partition coefficient (Wildman–Crippen LogP) is 3.66. The first-order valence-corrected chi connectivity index (χ1v) is 10.3. The van der Waals surface area contributed by atoms with Crippen LogP contribution in [0.3, 0.4) is 0 Å². The molecule has 1 unspecified atom stereocenters. The van der Waals surface area contributed by atoms with Crippen molar-refractivity contribution in [2.24, 2.45) is 0 Å². The molecule has 0 N–H and O–H groups in total. The highest BCUT2D eigenvalue weighted by Gasteiger charge is 2.25. The van der Waals surface area contributed by atoms with Gasteiger partial charge < -0.3 is 4.57 Å². The number of aryl methyl sites for hydroxylation is 1. The number of likely N-dealkylation sites (tertiary alicyclic amines) is 1. The second-order valence-corrected chi connectivity index (χ2v) is 8.12. The molecule has 1 atom stereocenters. The number of nitrogens with zero attached hydrogens (tertiary/aromatic N) is 6. The van der Waals surface area contributed by atoms with E-state index in [9.17, 15) is 0 Å². The van der Waals surface area contributed by atoms with Gasteiger partial charge in [0.1, 0.15) is 6.33 Å². The van der Waals surface area contributed by atoms with Gasteiger partial charge in [0.15, 0.2) is 0 Å². The van der Waals surface area contributed by atoms with Gasteiger partial charge in [-0.1, -0.05) is 0 Å². The molecular weight excluding hydrogens is 356 g/mol. The molecule has 0 bridgehead atoms. The van der Waals surface area contributed by atoms with Crippen LogP contribution in [-0.4, -0.2) is 42.1 Å². The molecule has 27 heavy (non-hydrogen) atoms. The van der Waals surface area contributed by atoms with Crippen molar-refractivity contribution in [1.82, 2.24) is 29.0 Å². The fraction of sp³-hybridized carbons (Fsp3) is 0.350. The summed E-state index contributed by atoms with van der Waals surface area (Å²) in [5, 5.41) is 7.81. The standard InChI is InChI=1S/C20H22N6S/c1-15-11-18(26-20(23-15)21-14-22-26)16-5-2-8-24(12-16)13-17-6-3-9-25(17)19-7-4-10-27-19/h3-4,6-7,9-11,14,16H,2,5,8,12-13H2,1H3. The summed E-state index contributed by atoms with van der Waals surface area (Å²) in [7, 11) is 0. The molecule has 5 heterocycles. The molecule has 0 radical (unpaired) electrons. The summed E-state index contributed by atoms with van der Waals surface area (Å²) < 4.78 is 4.22. The van der Waals surface area contributed by atoms with Crippen LogP contribution in [0.1, 0.15) is 35.8 Å². The number of aromatic nitrogens is 5. The molecule has 5 rings (SSSR count).